The molecule has 0 fully saturated rings. The molecule has 0 atom stereocenters. The molecule has 1 amide bonds. The summed E-state index contributed by atoms with van der Waals surface area (Å²) in [6, 6.07) is 4.96. The quantitative estimate of drug-likeness (QED) is 0.905. The minimum absolute atomic E-state index is 0.220. The minimum Gasteiger partial charge on any atom is -0.495 e. The molecular weight excluding hydrogens is 280 g/mol. The van der Waals surface area contributed by atoms with E-state index in [4.69, 9.17) is 16.3 Å². The van der Waals surface area contributed by atoms with Crippen LogP contribution in [0.5, 0.6) is 5.75 Å². The molecule has 0 aliphatic rings. The van der Waals surface area contributed by atoms with E-state index in [9.17, 15) is 4.79 Å². The summed E-state index contributed by atoms with van der Waals surface area (Å²) in [4.78, 5) is 20.0. The molecule has 0 saturated heterocycles. The smallest absolute Gasteiger partial charge is 0.275 e. The number of hydrogen-bond acceptors (Lipinski definition) is 5. The van der Waals surface area contributed by atoms with Gasteiger partial charge < -0.3 is 15.4 Å². The van der Waals surface area contributed by atoms with Crippen LogP contribution in [0.15, 0.2) is 30.6 Å². The lowest BCUT2D eigenvalue weighted by atomic mass is 10.3. The Kier molecular flexibility index (Phi) is 4.37. The molecular formula is C13H13ClN4O2. The molecule has 0 radical (unpaired) electrons. The summed E-state index contributed by atoms with van der Waals surface area (Å²) in [6.45, 7) is 0. The van der Waals surface area contributed by atoms with Crippen molar-refractivity contribution in [2.75, 3.05) is 24.8 Å². The highest BCUT2D eigenvalue weighted by molar-refractivity contribution is 6.32. The number of carbonyl (C=O) groups is 1. The minimum atomic E-state index is -0.357. The molecule has 1 aromatic carbocycles. The Morgan fingerprint density at radius 1 is 1.30 bits per heavy atom. The van der Waals surface area contributed by atoms with Crippen LogP contribution < -0.4 is 15.4 Å². The standard InChI is InChI=1S/C13H13ClN4O2/c1-15-12-7-16-10(6-17-12)13(19)18-8-3-4-9(14)11(5-8)20-2/h3-7H,1-2H3,(H,15,17)(H,18,19). The lowest BCUT2D eigenvalue weighted by Crippen LogP contribution is -2.14. The zero-order valence-electron chi connectivity index (χ0n) is 11.0. The van der Waals surface area contributed by atoms with Gasteiger partial charge in [0.15, 0.2) is 0 Å². The van der Waals surface area contributed by atoms with Gasteiger partial charge in [-0.1, -0.05) is 11.6 Å². The van der Waals surface area contributed by atoms with Crippen LogP contribution in [-0.4, -0.2) is 30.0 Å². The Hall–Kier alpha value is -2.34. The maximum atomic E-state index is 12.0. The molecule has 0 unspecified atom stereocenters. The topological polar surface area (TPSA) is 76.1 Å². The Morgan fingerprint density at radius 2 is 2.10 bits per heavy atom. The molecule has 6 nitrogen and oxygen atoms in total. The maximum Gasteiger partial charge on any atom is 0.275 e. The van der Waals surface area contributed by atoms with Crippen molar-refractivity contribution in [3.05, 3.63) is 41.3 Å². The molecule has 104 valence electrons. The first-order valence-corrected chi connectivity index (χ1v) is 6.16. The Labute approximate surface area is 121 Å². The van der Waals surface area contributed by atoms with Gasteiger partial charge in [-0.3, -0.25) is 4.79 Å². The van der Waals surface area contributed by atoms with Crippen molar-refractivity contribution in [2.45, 2.75) is 0 Å². The van der Waals surface area contributed by atoms with Crippen LogP contribution in [0.1, 0.15) is 10.5 Å². The monoisotopic (exact) mass is 292 g/mol. The zero-order chi connectivity index (χ0) is 14.5. The average Bonchev–Trinajstić information content (AvgIpc) is 2.49. The van der Waals surface area contributed by atoms with Gasteiger partial charge in [0.05, 0.1) is 24.5 Å². The van der Waals surface area contributed by atoms with E-state index in [2.05, 4.69) is 20.6 Å². The summed E-state index contributed by atoms with van der Waals surface area (Å²) in [6.07, 6.45) is 2.88. The molecule has 2 N–H and O–H groups in total. The van der Waals surface area contributed by atoms with Gasteiger partial charge in [-0.2, -0.15) is 0 Å². The molecule has 2 rings (SSSR count). The van der Waals surface area contributed by atoms with Crippen LogP contribution in [0.4, 0.5) is 11.5 Å². The molecule has 1 heterocycles. The van der Waals surface area contributed by atoms with Crippen LogP contribution >= 0.6 is 11.6 Å². The third kappa shape index (κ3) is 3.16. The molecule has 0 spiro atoms. The molecule has 0 saturated carbocycles. The molecule has 2 aromatic rings. The van der Waals surface area contributed by atoms with Gasteiger partial charge in [0, 0.05) is 18.8 Å². The fourth-order valence-corrected chi connectivity index (χ4v) is 1.70. The second-order valence-corrected chi connectivity index (χ2v) is 4.25. The van der Waals surface area contributed by atoms with Gasteiger partial charge >= 0.3 is 0 Å². The summed E-state index contributed by atoms with van der Waals surface area (Å²) in [5.41, 5.74) is 0.786. The number of amides is 1. The summed E-state index contributed by atoms with van der Waals surface area (Å²) in [5, 5.41) is 6.00. The average molecular weight is 293 g/mol. The Bertz CT molecular complexity index is 616. The first-order valence-electron chi connectivity index (χ1n) is 5.78. The Balaban J connectivity index is 2.14. The van der Waals surface area contributed by atoms with E-state index in [1.807, 2.05) is 0 Å². The summed E-state index contributed by atoms with van der Waals surface area (Å²) in [7, 11) is 3.23. The van der Waals surface area contributed by atoms with Crippen molar-refractivity contribution in [1.82, 2.24) is 9.97 Å². The highest BCUT2D eigenvalue weighted by Gasteiger charge is 2.10. The number of hydrogen-bond donors (Lipinski definition) is 2. The van der Waals surface area contributed by atoms with Crippen LogP contribution in [-0.2, 0) is 0 Å². The molecule has 1 aromatic heterocycles. The first-order chi connectivity index (χ1) is 9.63. The van der Waals surface area contributed by atoms with Gasteiger partial charge in [-0.15, -0.1) is 0 Å². The van der Waals surface area contributed by atoms with Crippen LogP contribution in [0.2, 0.25) is 5.02 Å². The number of halogens is 1. The maximum absolute atomic E-state index is 12.0. The summed E-state index contributed by atoms with van der Waals surface area (Å²) in [5.74, 6) is 0.723. The van der Waals surface area contributed by atoms with Gasteiger partial charge in [-0.25, -0.2) is 9.97 Å². The van der Waals surface area contributed by atoms with Crippen LogP contribution in [0.25, 0.3) is 0 Å². The Morgan fingerprint density at radius 3 is 2.70 bits per heavy atom. The van der Waals surface area contributed by atoms with Crippen molar-refractivity contribution >= 4 is 29.0 Å². The SMILES string of the molecule is CNc1cnc(C(=O)Nc2ccc(Cl)c(OC)c2)cn1. The van der Waals surface area contributed by atoms with Crippen molar-refractivity contribution in [1.29, 1.82) is 0 Å². The van der Waals surface area contributed by atoms with Gasteiger partial charge in [0.25, 0.3) is 5.91 Å². The number of nitrogens with zero attached hydrogens (tertiary/aromatic N) is 2. The third-order valence-corrected chi connectivity index (χ3v) is 2.86. The van der Waals surface area contributed by atoms with Crippen LogP contribution in [0.3, 0.4) is 0 Å². The molecule has 20 heavy (non-hydrogen) atoms. The van der Waals surface area contributed by atoms with Crippen molar-refractivity contribution in [3.63, 3.8) is 0 Å². The largest absolute Gasteiger partial charge is 0.495 e. The lowest BCUT2D eigenvalue weighted by molar-refractivity contribution is 0.102. The van der Waals surface area contributed by atoms with Crippen molar-refractivity contribution in [2.24, 2.45) is 0 Å². The normalized spacial score (nSPS) is 9.95. The lowest BCUT2D eigenvalue weighted by Gasteiger charge is -2.08. The van der Waals surface area contributed by atoms with Gasteiger partial charge in [0.1, 0.15) is 17.3 Å². The van der Waals surface area contributed by atoms with E-state index in [-0.39, 0.29) is 11.6 Å². The second-order valence-electron chi connectivity index (χ2n) is 3.84. The highest BCUT2D eigenvalue weighted by atomic mass is 35.5. The van der Waals surface area contributed by atoms with E-state index in [0.29, 0.717) is 22.3 Å². The number of anilines is 2. The molecule has 0 bridgehead atoms. The van der Waals surface area contributed by atoms with Crippen molar-refractivity contribution < 1.29 is 9.53 Å². The molecule has 0 aliphatic carbocycles. The first kappa shape index (κ1) is 14.1. The van der Waals surface area contributed by atoms with E-state index in [1.54, 1.807) is 25.2 Å². The fraction of sp³-hybridized carbons (Fsp3) is 0.154. The zero-order valence-corrected chi connectivity index (χ0v) is 11.7. The summed E-state index contributed by atoms with van der Waals surface area (Å²) >= 11 is 5.92. The number of nitrogens with one attached hydrogen (secondary N) is 2. The number of ether oxygens (including phenoxy) is 1. The summed E-state index contributed by atoms with van der Waals surface area (Å²) < 4.78 is 5.08. The van der Waals surface area contributed by atoms with Gasteiger partial charge in [0.2, 0.25) is 0 Å². The number of aromatic nitrogens is 2. The number of rotatable bonds is 4. The third-order valence-electron chi connectivity index (χ3n) is 2.55. The molecule has 7 heteroatoms. The fourth-order valence-electron chi connectivity index (χ4n) is 1.51. The molecule has 0 aliphatic heterocycles. The van der Waals surface area contributed by atoms with Crippen LogP contribution in [0, 0.1) is 0 Å². The van der Waals surface area contributed by atoms with Crippen molar-refractivity contribution in [3.8, 4) is 5.75 Å². The number of carbonyl (C=O) groups excluding carboxylic acids is 1. The second kappa shape index (κ2) is 6.21. The van der Waals surface area contributed by atoms with E-state index in [1.165, 1.54) is 19.5 Å². The predicted molar refractivity (Wildman–Crippen MR) is 77.5 cm³/mol. The van der Waals surface area contributed by atoms with E-state index >= 15 is 0 Å². The number of methoxy groups -OCH3 is 1. The van der Waals surface area contributed by atoms with E-state index in [0.717, 1.165) is 0 Å². The predicted octanol–water partition coefficient (Wildman–Crippen LogP) is 2.43. The van der Waals surface area contributed by atoms with E-state index < -0.39 is 0 Å². The van der Waals surface area contributed by atoms with Gasteiger partial charge in [-0.05, 0) is 12.1 Å². The highest BCUT2D eigenvalue weighted by Crippen LogP contribution is 2.27. The number of benzene rings is 1.